The van der Waals surface area contributed by atoms with Crippen molar-refractivity contribution in [1.29, 1.82) is 5.26 Å². The topological polar surface area (TPSA) is 83.1 Å². The van der Waals surface area contributed by atoms with E-state index in [-0.39, 0.29) is 6.04 Å². The maximum Gasteiger partial charge on any atom is 0.227 e. The predicted molar refractivity (Wildman–Crippen MR) is 59.0 cm³/mol. The van der Waals surface area contributed by atoms with Crippen molar-refractivity contribution in [1.82, 2.24) is 4.72 Å². The van der Waals surface area contributed by atoms with Crippen LogP contribution in [-0.2, 0) is 16.4 Å². The highest BCUT2D eigenvalue weighted by molar-refractivity contribution is 7.90. The van der Waals surface area contributed by atoms with Crippen molar-refractivity contribution in [2.24, 2.45) is 0 Å². The summed E-state index contributed by atoms with van der Waals surface area (Å²) in [5, 5.41) is 7.50. The first-order chi connectivity index (χ1) is 7.45. The Morgan fingerprint density at radius 3 is 2.75 bits per heavy atom. The Hall–Kier alpha value is -1.32. The van der Waals surface area contributed by atoms with Gasteiger partial charge in [-0.2, -0.15) is 5.26 Å². The molecule has 0 amide bonds. The molecule has 0 saturated carbocycles. The lowest BCUT2D eigenvalue weighted by Crippen LogP contribution is -2.38. The van der Waals surface area contributed by atoms with Crippen molar-refractivity contribution in [3.05, 3.63) is 24.2 Å². The van der Waals surface area contributed by atoms with Gasteiger partial charge >= 0.3 is 0 Å². The van der Waals surface area contributed by atoms with Crippen LogP contribution in [0.4, 0.5) is 0 Å². The molecule has 1 aromatic heterocycles. The quantitative estimate of drug-likeness (QED) is 0.836. The van der Waals surface area contributed by atoms with Crippen molar-refractivity contribution >= 4 is 10.0 Å². The van der Waals surface area contributed by atoms with Gasteiger partial charge in [0.1, 0.15) is 5.76 Å². The molecular weight excluding hydrogens is 228 g/mol. The summed E-state index contributed by atoms with van der Waals surface area (Å²) in [5.41, 5.74) is 0. The van der Waals surface area contributed by atoms with Crippen LogP contribution in [0.5, 0.6) is 0 Å². The molecule has 1 N–H and O–H groups in total. The van der Waals surface area contributed by atoms with Crippen molar-refractivity contribution in [2.75, 3.05) is 0 Å². The molecule has 1 aromatic rings. The van der Waals surface area contributed by atoms with Gasteiger partial charge in [-0.3, -0.25) is 0 Å². The van der Waals surface area contributed by atoms with Gasteiger partial charge in [-0.25, -0.2) is 13.1 Å². The van der Waals surface area contributed by atoms with Crippen LogP contribution >= 0.6 is 0 Å². The number of furan rings is 1. The molecule has 88 valence electrons. The van der Waals surface area contributed by atoms with Gasteiger partial charge in [-0.1, -0.05) is 0 Å². The Kier molecular flexibility index (Phi) is 4.10. The standard InChI is InChI=1S/C10H14N2O3S/c1-8(6-10-4-3-5-15-10)12-16(13,14)9(2)7-11/h3-5,8-9,12H,6H2,1-2H3. The van der Waals surface area contributed by atoms with Crippen molar-refractivity contribution in [3.63, 3.8) is 0 Å². The summed E-state index contributed by atoms with van der Waals surface area (Å²) >= 11 is 0. The minimum atomic E-state index is -3.57. The van der Waals surface area contributed by atoms with Crippen LogP contribution in [0.1, 0.15) is 19.6 Å². The Bertz CT molecular complexity index is 459. The highest BCUT2D eigenvalue weighted by Gasteiger charge is 2.22. The van der Waals surface area contributed by atoms with Crippen LogP contribution < -0.4 is 4.72 Å². The van der Waals surface area contributed by atoms with Crippen LogP contribution in [0.3, 0.4) is 0 Å². The summed E-state index contributed by atoms with van der Waals surface area (Å²) < 4.78 is 30.6. The van der Waals surface area contributed by atoms with Gasteiger partial charge < -0.3 is 4.42 Å². The van der Waals surface area contributed by atoms with Gasteiger partial charge in [0, 0.05) is 12.5 Å². The van der Waals surface area contributed by atoms with Crippen molar-refractivity contribution < 1.29 is 12.8 Å². The van der Waals surface area contributed by atoms with E-state index in [1.807, 2.05) is 0 Å². The Balaban J connectivity index is 2.59. The van der Waals surface area contributed by atoms with Gasteiger partial charge in [0.15, 0.2) is 5.25 Å². The van der Waals surface area contributed by atoms with E-state index in [1.165, 1.54) is 13.2 Å². The van der Waals surface area contributed by atoms with Crippen LogP contribution in [0.25, 0.3) is 0 Å². The molecule has 16 heavy (non-hydrogen) atoms. The number of hydrogen-bond acceptors (Lipinski definition) is 4. The minimum Gasteiger partial charge on any atom is -0.469 e. The lowest BCUT2D eigenvalue weighted by atomic mass is 10.2. The maximum atomic E-state index is 11.5. The molecule has 0 aliphatic heterocycles. The lowest BCUT2D eigenvalue weighted by molar-refractivity contribution is 0.478. The molecule has 0 saturated heterocycles. The molecule has 2 atom stereocenters. The number of nitriles is 1. The van der Waals surface area contributed by atoms with E-state index >= 15 is 0 Å². The number of nitrogens with zero attached hydrogens (tertiary/aromatic N) is 1. The first kappa shape index (κ1) is 12.7. The molecule has 0 spiro atoms. The molecule has 0 aliphatic rings. The number of rotatable bonds is 5. The van der Waals surface area contributed by atoms with Crippen molar-refractivity contribution in [3.8, 4) is 6.07 Å². The zero-order valence-corrected chi connectivity index (χ0v) is 9.99. The van der Waals surface area contributed by atoms with E-state index in [1.54, 1.807) is 25.1 Å². The monoisotopic (exact) mass is 242 g/mol. The van der Waals surface area contributed by atoms with Crippen LogP contribution in [0.15, 0.2) is 22.8 Å². The summed E-state index contributed by atoms with van der Waals surface area (Å²) in [5.74, 6) is 0.708. The fourth-order valence-corrected chi connectivity index (χ4v) is 2.21. The molecule has 1 heterocycles. The third kappa shape index (κ3) is 3.36. The van der Waals surface area contributed by atoms with E-state index in [0.717, 1.165) is 0 Å². The summed E-state index contributed by atoms with van der Waals surface area (Å²) in [6, 6.07) is 4.92. The summed E-state index contributed by atoms with van der Waals surface area (Å²) in [7, 11) is -3.57. The maximum absolute atomic E-state index is 11.5. The third-order valence-electron chi connectivity index (χ3n) is 2.10. The minimum absolute atomic E-state index is 0.299. The second-order valence-corrected chi connectivity index (χ2v) is 5.65. The molecule has 0 aliphatic carbocycles. The molecule has 0 aromatic carbocycles. The van der Waals surface area contributed by atoms with Gasteiger partial charge in [0.25, 0.3) is 0 Å². The zero-order chi connectivity index (χ0) is 12.2. The fourth-order valence-electron chi connectivity index (χ4n) is 1.22. The molecule has 1 rings (SSSR count). The average Bonchev–Trinajstić information content (AvgIpc) is 2.67. The highest BCUT2D eigenvalue weighted by Crippen LogP contribution is 2.06. The SMILES string of the molecule is CC(Cc1ccco1)NS(=O)(=O)C(C)C#N. The molecule has 0 fully saturated rings. The normalized spacial score (nSPS) is 15.3. The first-order valence-electron chi connectivity index (χ1n) is 4.89. The van der Waals surface area contributed by atoms with E-state index in [2.05, 4.69) is 4.72 Å². The summed E-state index contributed by atoms with van der Waals surface area (Å²) in [6.07, 6.45) is 2.00. The highest BCUT2D eigenvalue weighted by atomic mass is 32.2. The summed E-state index contributed by atoms with van der Waals surface area (Å²) in [6.45, 7) is 3.08. The molecule has 0 radical (unpaired) electrons. The number of hydrogen-bond donors (Lipinski definition) is 1. The number of nitrogens with one attached hydrogen (secondary N) is 1. The summed E-state index contributed by atoms with van der Waals surface area (Å²) in [4.78, 5) is 0. The molecule has 0 bridgehead atoms. The van der Waals surface area contributed by atoms with E-state index in [0.29, 0.717) is 12.2 Å². The Morgan fingerprint density at radius 1 is 1.56 bits per heavy atom. The second-order valence-electron chi connectivity index (χ2n) is 3.62. The van der Waals surface area contributed by atoms with E-state index in [4.69, 9.17) is 9.68 Å². The van der Waals surface area contributed by atoms with Crippen LogP contribution in [0, 0.1) is 11.3 Å². The van der Waals surface area contributed by atoms with E-state index in [9.17, 15) is 8.42 Å². The smallest absolute Gasteiger partial charge is 0.227 e. The molecule has 5 nitrogen and oxygen atoms in total. The van der Waals surface area contributed by atoms with Gasteiger partial charge in [-0.15, -0.1) is 0 Å². The lowest BCUT2D eigenvalue weighted by Gasteiger charge is -2.13. The average molecular weight is 242 g/mol. The molecule has 2 unspecified atom stereocenters. The van der Waals surface area contributed by atoms with Crippen LogP contribution in [-0.4, -0.2) is 19.7 Å². The Morgan fingerprint density at radius 2 is 2.25 bits per heavy atom. The second kappa shape index (κ2) is 5.14. The largest absolute Gasteiger partial charge is 0.469 e. The number of sulfonamides is 1. The third-order valence-corrected chi connectivity index (χ3v) is 3.87. The van der Waals surface area contributed by atoms with Crippen molar-refractivity contribution in [2.45, 2.75) is 31.6 Å². The zero-order valence-electron chi connectivity index (χ0n) is 9.17. The first-order valence-corrected chi connectivity index (χ1v) is 6.43. The fraction of sp³-hybridized carbons (Fsp3) is 0.500. The van der Waals surface area contributed by atoms with E-state index < -0.39 is 15.3 Å². The molecule has 6 heteroatoms. The van der Waals surface area contributed by atoms with Crippen LogP contribution in [0.2, 0.25) is 0 Å². The Labute approximate surface area is 95.1 Å². The molecular formula is C10H14N2O3S. The van der Waals surface area contributed by atoms with Gasteiger partial charge in [-0.05, 0) is 26.0 Å². The van der Waals surface area contributed by atoms with Gasteiger partial charge in [0.2, 0.25) is 10.0 Å². The predicted octanol–water partition coefficient (Wildman–Crippen LogP) is 1.04. The van der Waals surface area contributed by atoms with Gasteiger partial charge in [0.05, 0.1) is 12.3 Å².